The molecule has 0 aliphatic heterocycles. The van der Waals surface area contributed by atoms with E-state index in [1.807, 2.05) is 0 Å². The van der Waals surface area contributed by atoms with Crippen molar-refractivity contribution < 1.29 is 5.11 Å². The summed E-state index contributed by atoms with van der Waals surface area (Å²) < 4.78 is 0. The maximum atomic E-state index is 9.45. The van der Waals surface area contributed by atoms with Gasteiger partial charge in [-0.2, -0.15) is 0 Å². The second kappa shape index (κ2) is 7.38. The number of aliphatic hydroxyl groups is 1. The molecule has 2 N–H and O–H groups in total. The molecule has 0 aromatic rings. The third kappa shape index (κ3) is 4.26. The van der Waals surface area contributed by atoms with Crippen LogP contribution >= 0.6 is 0 Å². The highest BCUT2D eigenvalue weighted by Gasteiger charge is 2.26. The van der Waals surface area contributed by atoms with E-state index in [4.69, 9.17) is 0 Å². The van der Waals surface area contributed by atoms with Crippen molar-refractivity contribution in [2.75, 3.05) is 6.61 Å². The first-order chi connectivity index (χ1) is 8.40. The Hall–Kier alpha value is -0.0800. The average Bonchev–Trinajstić information content (AvgIpc) is 2.33. The number of hydrogen-bond donors (Lipinski definition) is 2. The molecule has 0 radical (unpaired) electrons. The normalized spacial score (nSPS) is 33.0. The van der Waals surface area contributed by atoms with Crippen molar-refractivity contribution in [3.05, 3.63) is 0 Å². The van der Waals surface area contributed by atoms with Gasteiger partial charge >= 0.3 is 0 Å². The summed E-state index contributed by atoms with van der Waals surface area (Å²) in [5, 5.41) is 13.3. The van der Waals surface area contributed by atoms with Gasteiger partial charge in [-0.25, -0.2) is 0 Å². The molecule has 0 aromatic carbocycles. The summed E-state index contributed by atoms with van der Waals surface area (Å²) in [5.74, 6) is 0.522. The fraction of sp³-hybridized carbons (Fsp3) is 1.00. The Morgan fingerprint density at radius 1 is 0.765 bits per heavy atom. The molecule has 0 saturated heterocycles. The first kappa shape index (κ1) is 13.4. The van der Waals surface area contributed by atoms with Crippen LogP contribution in [0.25, 0.3) is 0 Å². The smallest absolute Gasteiger partial charge is 0.0474 e. The Morgan fingerprint density at radius 2 is 1.35 bits per heavy atom. The van der Waals surface area contributed by atoms with Crippen LogP contribution in [0.3, 0.4) is 0 Å². The monoisotopic (exact) mass is 239 g/mol. The Bertz CT molecular complexity index is 199. The lowest BCUT2D eigenvalue weighted by molar-refractivity contribution is 0.142. The second-order valence-corrected chi connectivity index (χ2v) is 6.04. The third-order valence-corrected chi connectivity index (χ3v) is 4.70. The molecule has 0 heterocycles. The molecular weight excluding hydrogens is 210 g/mol. The van der Waals surface area contributed by atoms with Gasteiger partial charge in [0.2, 0.25) is 0 Å². The van der Waals surface area contributed by atoms with Crippen LogP contribution < -0.4 is 5.32 Å². The molecular formula is C15H29NO. The van der Waals surface area contributed by atoms with E-state index in [1.165, 1.54) is 70.6 Å². The van der Waals surface area contributed by atoms with Crippen LogP contribution in [-0.4, -0.2) is 23.8 Å². The Morgan fingerprint density at radius 3 is 2.06 bits per heavy atom. The van der Waals surface area contributed by atoms with Gasteiger partial charge in [0.25, 0.3) is 0 Å². The largest absolute Gasteiger partial charge is 0.396 e. The second-order valence-electron chi connectivity index (χ2n) is 6.04. The fourth-order valence-electron chi connectivity index (χ4n) is 3.57. The minimum Gasteiger partial charge on any atom is -0.396 e. The topological polar surface area (TPSA) is 32.3 Å². The van der Waals surface area contributed by atoms with Gasteiger partial charge in [-0.3, -0.25) is 0 Å². The van der Waals surface area contributed by atoms with Crippen LogP contribution in [-0.2, 0) is 0 Å². The van der Waals surface area contributed by atoms with E-state index in [-0.39, 0.29) is 0 Å². The van der Waals surface area contributed by atoms with E-state index in [0.717, 1.165) is 6.04 Å². The van der Waals surface area contributed by atoms with E-state index >= 15 is 0 Å². The SMILES string of the molecule is OCC1CCCCC1NC1CCCCCCC1. The number of rotatable bonds is 3. The quantitative estimate of drug-likeness (QED) is 0.792. The van der Waals surface area contributed by atoms with Gasteiger partial charge in [0.1, 0.15) is 0 Å². The molecule has 0 amide bonds. The lowest BCUT2D eigenvalue weighted by Crippen LogP contribution is -2.45. The van der Waals surface area contributed by atoms with E-state index in [2.05, 4.69) is 5.32 Å². The molecule has 2 aliphatic rings. The minimum atomic E-state index is 0.379. The summed E-state index contributed by atoms with van der Waals surface area (Å²) in [6.45, 7) is 0.379. The van der Waals surface area contributed by atoms with Crippen LogP contribution in [0, 0.1) is 5.92 Å². The molecule has 2 rings (SSSR count). The molecule has 0 aromatic heterocycles. The van der Waals surface area contributed by atoms with Crippen LogP contribution in [0.1, 0.15) is 70.6 Å². The molecule has 0 bridgehead atoms. The van der Waals surface area contributed by atoms with Gasteiger partial charge in [-0.05, 0) is 31.6 Å². The van der Waals surface area contributed by atoms with Gasteiger partial charge in [-0.15, -0.1) is 0 Å². The van der Waals surface area contributed by atoms with Gasteiger partial charge in [-0.1, -0.05) is 44.9 Å². The molecule has 2 heteroatoms. The van der Waals surface area contributed by atoms with Crippen molar-refractivity contribution in [3.8, 4) is 0 Å². The Labute approximate surface area is 106 Å². The summed E-state index contributed by atoms with van der Waals surface area (Å²) in [5.41, 5.74) is 0. The Balaban J connectivity index is 1.80. The zero-order chi connectivity index (χ0) is 11.9. The highest BCUT2D eigenvalue weighted by atomic mass is 16.3. The molecule has 2 nitrogen and oxygen atoms in total. The van der Waals surface area contributed by atoms with E-state index in [1.54, 1.807) is 0 Å². The first-order valence-corrected chi connectivity index (χ1v) is 7.77. The van der Waals surface area contributed by atoms with Gasteiger partial charge < -0.3 is 10.4 Å². The molecule has 0 spiro atoms. The molecule has 2 fully saturated rings. The zero-order valence-electron chi connectivity index (χ0n) is 11.2. The van der Waals surface area contributed by atoms with Gasteiger partial charge in [0.15, 0.2) is 0 Å². The predicted molar refractivity (Wildman–Crippen MR) is 72.1 cm³/mol. The van der Waals surface area contributed by atoms with Crippen LogP contribution in [0.15, 0.2) is 0 Å². The summed E-state index contributed by atoms with van der Waals surface area (Å²) in [4.78, 5) is 0. The van der Waals surface area contributed by atoms with Gasteiger partial charge in [0.05, 0.1) is 0 Å². The lowest BCUT2D eigenvalue weighted by atomic mass is 9.84. The molecule has 17 heavy (non-hydrogen) atoms. The van der Waals surface area contributed by atoms with Crippen molar-refractivity contribution in [1.82, 2.24) is 5.32 Å². The molecule has 2 unspecified atom stereocenters. The highest BCUT2D eigenvalue weighted by molar-refractivity contribution is 4.84. The maximum Gasteiger partial charge on any atom is 0.0474 e. The number of aliphatic hydroxyl groups excluding tert-OH is 1. The summed E-state index contributed by atoms with van der Waals surface area (Å²) >= 11 is 0. The average molecular weight is 239 g/mol. The minimum absolute atomic E-state index is 0.379. The van der Waals surface area contributed by atoms with Crippen molar-refractivity contribution in [3.63, 3.8) is 0 Å². The highest BCUT2D eigenvalue weighted by Crippen LogP contribution is 2.26. The number of hydrogen-bond acceptors (Lipinski definition) is 2. The summed E-state index contributed by atoms with van der Waals surface area (Å²) in [7, 11) is 0. The van der Waals surface area contributed by atoms with Crippen LogP contribution in [0.5, 0.6) is 0 Å². The summed E-state index contributed by atoms with van der Waals surface area (Å²) in [6.07, 6.45) is 15.0. The van der Waals surface area contributed by atoms with Crippen molar-refractivity contribution in [2.24, 2.45) is 5.92 Å². The third-order valence-electron chi connectivity index (χ3n) is 4.70. The maximum absolute atomic E-state index is 9.45. The Kier molecular flexibility index (Phi) is 5.79. The van der Waals surface area contributed by atoms with E-state index in [0.29, 0.717) is 18.6 Å². The van der Waals surface area contributed by atoms with E-state index < -0.39 is 0 Å². The van der Waals surface area contributed by atoms with Crippen molar-refractivity contribution in [1.29, 1.82) is 0 Å². The van der Waals surface area contributed by atoms with Crippen molar-refractivity contribution >= 4 is 0 Å². The van der Waals surface area contributed by atoms with Crippen LogP contribution in [0.4, 0.5) is 0 Å². The zero-order valence-corrected chi connectivity index (χ0v) is 11.2. The van der Waals surface area contributed by atoms with E-state index in [9.17, 15) is 5.11 Å². The van der Waals surface area contributed by atoms with Crippen molar-refractivity contribution in [2.45, 2.75) is 82.7 Å². The molecule has 2 atom stereocenters. The fourth-order valence-corrected chi connectivity index (χ4v) is 3.57. The summed E-state index contributed by atoms with van der Waals surface area (Å²) in [6, 6.07) is 1.32. The first-order valence-electron chi connectivity index (χ1n) is 7.77. The molecule has 2 aliphatic carbocycles. The molecule has 100 valence electrons. The lowest BCUT2D eigenvalue weighted by Gasteiger charge is -2.35. The predicted octanol–water partition coefficient (Wildman–Crippen LogP) is 3.24. The van der Waals surface area contributed by atoms with Gasteiger partial charge in [0, 0.05) is 18.7 Å². The standard InChI is InChI=1S/C15H29NO/c17-12-13-8-6-7-11-15(13)16-14-9-4-2-1-3-5-10-14/h13-17H,1-12H2. The number of nitrogens with one attached hydrogen (secondary N) is 1. The molecule has 2 saturated carbocycles. The van der Waals surface area contributed by atoms with Crippen LogP contribution in [0.2, 0.25) is 0 Å².